The third kappa shape index (κ3) is 2.90. The fourth-order valence-electron chi connectivity index (χ4n) is 4.19. The van der Waals surface area contributed by atoms with E-state index in [-0.39, 0.29) is 11.8 Å². The Morgan fingerprint density at radius 1 is 1.04 bits per heavy atom. The Morgan fingerprint density at radius 3 is 2.68 bits per heavy atom. The van der Waals surface area contributed by atoms with Crippen molar-refractivity contribution in [3.63, 3.8) is 0 Å². The molecule has 0 bridgehead atoms. The number of carbonyl (C=O) groups excluding carboxylic acids is 1. The molecule has 1 N–H and O–H groups in total. The van der Waals surface area contributed by atoms with Gasteiger partial charge in [0.25, 0.3) is 5.91 Å². The summed E-state index contributed by atoms with van der Waals surface area (Å²) in [6, 6.07) is 13.4. The number of fused-ring (bicyclic) bond motifs is 3. The van der Waals surface area contributed by atoms with Crippen molar-refractivity contribution >= 4 is 17.4 Å². The van der Waals surface area contributed by atoms with Crippen molar-refractivity contribution < 1.29 is 4.79 Å². The quantitative estimate of drug-likeness (QED) is 0.755. The van der Waals surface area contributed by atoms with Crippen LogP contribution < -0.4 is 10.2 Å². The summed E-state index contributed by atoms with van der Waals surface area (Å²) in [4.78, 5) is 15.0. The van der Waals surface area contributed by atoms with E-state index in [2.05, 4.69) is 30.6 Å². The van der Waals surface area contributed by atoms with E-state index >= 15 is 0 Å². The maximum absolute atomic E-state index is 12.7. The predicted molar refractivity (Wildman–Crippen MR) is 104 cm³/mol. The van der Waals surface area contributed by atoms with Gasteiger partial charge < -0.3 is 14.8 Å². The second-order valence-electron chi connectivity index (χ2n) is 7.45. The molecule has 1 fully saturated rings. The normalized spacial score (nSPS) is 20.5. The average molecular weight is 375 g/mol. The van der Waals surface area contributed by atoms with E-state index in [0.717, 1.165) is 49.1 Å². The summed E-state index contributed by atoms with van der Waals surface area (Å²) in [6.07, 6.45) is 0.997. The van der Waals surface area contributed by atoms with Gasteiger partial charge >= 0.3 is 0 Å². The number of carbonyl (C=O) groups is 1. The van der Waals surface area contributed by atoms with Crippen LogP contribution >= 0.6 is 0 Å². The number of para-hydroxylation sites is 1. The van der Waals surface area contributed by atoms with Gasteiger partial charge in [-0.1, -0.05) is 18.2 Å². The molecule has 3 aromatic rings. The molecule has 2 atom stereocenters. The minimum absolute atomic E-state index is 0.220. The summed E-state index contributed by atoms with van der Waals surface area (Å²) < 4.78 is 1.98. The van der Waals surface area contributed by atoms with Crippen molar-refractivity contribution in [1.29, 1.82) is 0 Å². The standard InChI is InChI=1S/C20H21N7O/c1-13-7-8-17(23-22-13)26-11-14-9-10-27-18(16(14)12-26)24-25-19(27)20(28)21-15-5-3-2-4-6-15/h2-8,14,16H,9-12H2,1H3,(H,21,28)/t14-,16+/m1/s1. The molecule has 1 aromatic carbocycles. The minimum Gasteiger partial charge on any atom is -0.354 e. The van der Waals surface area contributed by atoms with E-state index in [1.807, 2.05) is 54.0 Å². The number of hydrogen-bond acceptors (Lipinski definition) is 6. The Bertz CT molecular complexity index is 999. The van der Waals surface area contributed by atoms with Crippen molar-refractivity contribution in [3.05, 3.63) is 59.8 Å². The van der Waals surface area contributed by atoms with Gasteiger partial charge in [-0.15, -0.1) is 15.3 Å². The van der Waals surface area contributed by atoms with E-state index in [1.54, 1.807) is 0 Å². The fourth-order valence-corrected chi connectivity index (χ4v) is 4.19. The summed E-state index contributed by atoms with van der Waals surface area (Å²) in [5, 5.41) is 20.0. The maximum Gasteiger partial charge on any atom is 0.293 e. The highest BCUT2D eigenvalue weighted by atomic mass is 16.2. The molecule has 4 heterocycles. The highest BCUT2D eigenvalue weighted by Gasteiger charge is 2.41. The molecule has 2 aliphatic heterocycles. The summed E-state index contributed by atoms with van der Waals surface area (Å²) in [7, 11) is 0. The molecule has 1 saturated heterocycles. The number of nitrogens with zero attached hydrogens (tertiary/aromatic N) is 6. The van der Waals surface area contributed by atoms with Gasteiger partial charge in [-0.3, -0.25) is 4.79 Å². The highest BCUT2D eigenvalue weighted by molar-refractivity contribution is 6.01. The molecule has 0 spiro atoms. The smallest absolute Gasteiger partial charge is 0.293 e. The van der Waals surface area contributed by atoms with Gasteiger partial charge in [0.05, 0.1) is 5.69 Å². The van der Waals surface area contributed by atoms with E-state index in [9.17, 15) is 4.79 Å². The first kappa shape index (κ1) is 16.9. The van der Waals surface area contributed by atoms with E-state index < -0.39 is 0 Å². The topological polar surface area (TPSA) is 88.8 Å². The van der Waals surface area contributed by atoms with Crippen LogP contribution in [-0.4, -0.2) is 44.0 Å². The van der Waals surface area contributed by atoms with Crippen molar-refractivity contribution in [3.8, 4) is 0 Å². The van der Waals surface area contributed by atoms with Crippen LogP contribution in [0.5, 0.6) is 0 Å². The first-order valence-electron chi connectivity index (χ1n) is 9.54. The van der Waals surface area contributed by atoms with Crippen LogP contribution in [0.1, 0.15) is 34.5 Å². The summed E-state index contributed by atoms with van der Waals surface area (Å²) in [5.74, 6) is 2.70. The molecular formula is C20H21N7O. The first-order valence-corrected chi connectivity index (χ1v) is 9.54. The largest absolute Gasteiger partial charge is 0.354 e. The summed E-state index contributed by atoms with van der Waals surface area (Å²) >= 11 is 0. The third-order valence-corrected chi connectivity index (χ3v) is 5.62. The van der Waals surface area contributed by atoms with Gasteiger partial charge in [-0.05, 0) is 43.5 Å². The molecule has 0 saturated carbocycles. The maximum atomic E-state index is 12.7. The van der Waals surface area contributed by atoms with Crippen LogP contribution in [0.15, 0.2) is 42.5 Å². The lowest BCUT2D eigenvalue weighted by Gasteiger charge is -2.24. The molecule has 0 aliphatic carbocycles. The number of hydrogen-bond donors (Lipinski definition) is 1. The number of aryl methyl sites for hydroxylation is 1. The molecule has 0 radical (unpaired) electrons. The summed E-state index contributed by atoms with van der Waals surface area (Å²) in [5.41, 5.74) is 1.66. The van der Waals surface area contributed by atoms with Gasteiger partial charge in [0.1, 0.15) is 5.82 Å². The minimum atomic E-state index is -0.220. The zero-order chi connectivity index (χ0) is 19.1. The zero-order valence-electron chi connectivity index (χ0n) is 15.6. The van der Waals surface area contributed by atoms with Gasteiger partial charge in [0.2, 0.25) is 5.82 Å². The van der Waals surface area contributed by atoms with Crippen molar-refractivity contribution in [2.75, 3.05) is 23.3 Å². The van der Waals surface area contributed by atoms with E-state index in [0.29, 0.717) is 11.7 Å². The Kier molecular flexibility index (Phi) is 4.03. The number of benzene rings is 1. The number of anilines is 2. The Hall–Kier alpha value is -3.29. The molecule has 5 rings (SSSR count). The SMILES string of the molecule is Cc1ccc(N2C[C@H]3CCn4c(C(=O)Nc5ccccc5)nnc4[C@H]3C2)nn1. The van der Waals surface area contributed by atoms with Crippen LogP contribution in [0.2, 0.25) is 0 Å². The number of rotatable bonds is 3. The van der Waals surface area contributed by atoms with Gasteiger partial charge in [0, 0.05) is 31.2 Å². The average Bonchev–Trinajstić information content (AvgIpc) is 3.33. The Labute approximate surface area is 162 Å². The molecule has 2 aliphatic rings. The molecule has 2 aromatic heterocycles. The second kappa shape index (κ2) is 6.70. The van der Waals surface area contributed by atoms with Crippen molar-refractivity contribution in [2.24, 2.45) is 5.92 Å². The molecule has 0 unspecified atom stereocenters. The summed E-state index contributed by atoms with van der Waals surface area (Å²) in [6.45, 7) is 4.45. The molecule has 8 heteroatoms. The van der Waals surface area contributed by atoms with Gasteiger partial charge in [0.15, 0.2) is 5.82 Å². The predicted octanol–water partition coefficient (Wildman–Crippen LogP) is 2.25. The Balaban J connectivity index is 1.37. The van der Waals surface area contributed by atoms with Crippen molar-refractivity contribution in [2.45, 2.75) is 25.8 Å². The molecular weight excluding hydrogens is 354 g/mol. The van der Waals surface area contributed by atoms with E-state index in [1.165, 1.54) is 0 Å². The fraction of sp³-hybridized carbons (Fsp3) is 0.350. The third-order valence-electron chi connectivity index (χ3n) is 5.62. The molecule has 28 heavy (non-hydrogen) atoms. The lowest BCUT2D eigenvalue weighted by atomic mass is 9.89. The van der Waals surface area contributed by atoms with Crippen LogP contribution in [0.4, 0.5) is 11.5 Å². The molecule has 1 amide bonds. The van der Waals surface area contributed by atoms with Crippen LogP contribution in [0.3, 0.4) is 0 Å². The monoisotopic (exact) mass is 375 g/mol. The van der Waals surface area contributed by atoms with Crippen LogP contribution in [0.25, 0.3) is 0 Å². The highest BCUT2D eigenvalue weighted by Crippen LogP contribution is 2.39. The molecule has 8 nitrogen and oxygen atoms in total. The van der Waals surface area contributed by atoms with Crippen LogP contribution in [0, 0.1) is 12.8 Å². The van der Waals surface area contributed by atoms with Gasteiger partial charge in [-0.2, -0.15) is 5.10 Å². The number of aromatic nitrogens is 5. The molecule has 142 valence electrons. The lowest BCUT2D eigenvalue weighted by molar-refractivity contribution is 0.101. The first-order chi connectivity index (χ1) is 13.7. The lowest BCUT2D eigenvalue weighted by Crippen LogP contribution is -2.27. The van der Waals surface area contributed by atoms with E-state index in [4.69, 9.17) is 0 Å². The number of amides is 1. The van der Waals surface area contributed by atoms with Crippen LogP contribution in [-0.2, 0) is 6.54 Å². The van der Waals surface area contributed by atoms with Crippen molar-refractivity contribution in [1.82, 2.24) is 25.0 Å². The number of nitrogens with one attached hydrogen (secondary N) is 1. The van der Waals surface area contributed by atoms with Gasteiger partial charge in [-0.25, -0.2) is 0 Å². The Morgan fingerprint density at radius 2 is 1.89 bits per heavy atom. The second-order valence-corrected chi connectivity index (χ2v) is 7.45. The zero-order valence-corrected chi connectivity index (χ0v) is 15.6.